The average Bonchev–Trinajstić information content (AvgIpc) is 2.41. The van der Waals surface area contributed by atoms with Crippen molar-refractivity contribution in [2.24, 2.45) is 0 Å². The van der Waals surface area contributed by atoms with E-state index in [1.165, 1.54) is 30.3 Å². The fourth-order valence-corrected chi connectivity index (χ4v) is 1.92. The van der Waals surface area contributed by atoms with Gasteiger partial charge >= 0.3 is 11.9 Å². The van der Waals surface area contributed by atoms with Gasteiger partial charge in [-0.1, -0.05) is 35.3 Å². The van der Waals surface area contributed by atoms with Crippen LogP contribution in [0.3, 0.4) is 0 Å². The van der Waals surface area contributed by atoms with Crippen molar-refractivity contribution in [3.63, 3.8) is 0 Å². The van der Waals surface area contributed by atoms with E-state index in [9.17, 15) is 9.59 Å². The number of benzene rings is 2. The van der Waals surface area contributed by atoms with Gasteiger partial charge in [-0.25, -0.2) is 9.59 Å². The van der Waals surface area contributed by atoms with Gasteiger partial charge in [0.2, 0.25) is 0 Å². The molecule has 0 fully saturated rings. The molecule has 102 valence electrons. The molecule has 0 spiro atoms. The van der Waals surface area contributed by atoms with Crippen LogP contribution in [0.2, 0.25) is 10.0 Å². The molecule has 0 amide bonds. The Morgan fingerprint density at radius 2 is 1.70 bits per heavy atom. The van der Waals surface area contributed by atoms with Gasteiger partial charge in [-0.2, -0.15) is 0 Å². The third-order valence-corrected chi connectivity index (χ3v) is 3.03. The molecule has 0 bridgehead atoms. The highest BCUT2D eigenvalue weighted by Gasteiger charge is 2.17. The van der Waals surface area contributed by atoms with Crippen LogP contribution in [0.4, 0.5) is 0 Å². The number of ether oxygens (including phenoxy) is 1. The van der Waals surface area contributed by atoms with Crippen molar-refractivity contribution in [1.82, 2.24) is 0 Å². The number of carbonyl (C=O) groups excluding carboxylic acids is 1. The molecule has 0 aliphatic carbocycles. The maximum atomic E-state index is 12.0. The van der Waals surface area contributed by atoms with Crippen molar-refractivity contribution in [3.8, 4) is 5.75 Å². The van der Waals surface area contributed by atoms with E-state index < -0.39 is 11.9 Å². The largest absolute Gasteiger partial charge is 0.478 e. The molecule has 1 N–H and O–H groups in total. The lowest BCUT2D eigenvalue weighted by molar-refractivity contribution is 0.0681. The number of rotatable bonds is 3. The summed E-state index contributed by atoms with van der Waals surface area (Å²) < 4.78 is 5.07. The van der Waals surface area contributed by atoms with Crippen LogP contribution in [0, 0.1) is 0 Å². The second-order valence-electron chi connectivity index (χ2n) is 3.81. The third-order valence-electron chi connectivity index (χ3n) is 2.47. The zero-order valence-corrected chi connectivity index (χ0v) is 11.5. The lowest BCUT2D eigenvalue weighted by Crippen LogP contribution is -2.12. The van der Waals surface area contributed by atoms with E-state index in [1.807, 2.05) is 0 Å². The van der Waals surface area contributed by atoms with Gasteiger partial charge in [-0.3, -0.25) is 0 Å². The molecule has 2 aromatic rings. The Morgan fingerprint density at radius 3 is 2.35 bits per heavy atom. The second kappa shape index (κ2) is 5.94. The molecule has 0 unspecified atom stereocenters. The highest BCUT2D eigenvalue weighted by atomic mass is 35.5. The van der Waals surface area contributed by atoms with Gasteiger partial charge in [0, 0.05) is 5.02 Å². The average molecular weight is 311 g/mol. The first kappa shape index (κ1) is 14.4. The molecular weight excluding hydrogens is 303 g/mol. The summed E-state index contributed by atoms with van der Waals surface area (Å²) in [6, 6.07) is 10.3. The Balaban J connectivity index is 2.33. The van der Waals surface area contributed by atoms with Gasteiger partial charge in [0.15, 0.2) is 0 Å². The van der Waals surface area contributed by atoms with Crippen molar-refractivity contribution in [2.75, 3.05) is 0 Å². The molecule has 2 rings (SSSR count). The highest BCUT2D eigenvalue weighted by molar-refractivity contribution is 6.33. The monoisotopic (exact) mass is 310 g/mol. The lowest BCUT2D eigenvalue weighted by atomic mass is 10.2. The van der Waals surface area contributed by atoms with Crippen molar-refractivity contribution < 1.29 is 19.4 Å². The summed E-state index contributed by atoms with van der Waals surface area (Å²) in [5, 5.41) is 9.51. The van der Waals surface area contributed by atoms with Crippen LogP contribution in [-0.2, 0) is 0 Å². The van der Waals surface area contributed by atoms with E-state index in [1.54, 1.807) is 12.1 Å². The SMILES string of the molecule is O=C(Oc1ccc(Cl)cc1C(=O)O)c1ccccc1Cl. The molecule has 0 aliphatic rings. The molecular formula is C14H8Cl2O4. The summed E-state index contributed by atoms with van der Waals surface area (Å²) in [5.41, 5.74) is -0.0432. The van der Waals surface area contributed by atoms with E-state index in [4.69, 9.17) is 33.0 Å². The Hall–Kier alpha value is -2.04. The van der Waals surface area contributed by atoms with Crippen LogP contribution in [0.25, 0.3) is 0 Å². The number of halogens is 2. The Bertz CT molecular complexity index is 683. The van der Waals surface area contributed by atoms with Crippen LogP contribution < -0.4 is 4.74 Å². The minimum atomic E-state index is -1.24. The van der Waals surface area contributed by atoms with E-state index in [-0.39, 0.29) is 26.9 Å². The van der Waals surface area contributed by atoms with Gasteiger partial charge in [0.25, 0.3) is 0 Å². The van der Waals surface area contributed by atoms with Gasteiger partial charge in [0.1, 0.15) is 11.3 Å². The van der Waals surface area contributed by atoms with Gasteiger partial charge < -0.3 is 9.84 Å². The maximum Gasteiger partial charge on any atom is 0.345 e. The molecule has 0 atom stereocenters. The molecule has 0 radical (unpaired) electrons. The zero-order chi connectivity index (χ0) is 14.7. The number of esters is 1. The topological polar surface area (TPSA) is 63.6 Å². The number of hydrogen-bond donors (Lipinski definition) is 1. The second-order valence-corrected chi connectivity index (χ2v) is 4.66. The first-order valence-corrected chi connectivity index (χ1v) is 6.24. The minimum absolute atomic E-state index is 0.0909. The predicted octanol–water partition coefficient (Wildman–Crippen LogP) is 3.91. The molecule has 0 saturated carbocycles. The van der Waals surface area contributed by atoms with E-state index in [2.05, 4.69) is 0 Å². The summed E-state index contributed by atoms with van der Waals surface area (Å²) in [6.07, 6.45) is 0. The first-order chi connectivity index (χ1) is 9.49. The van der Waals surface area contributed by atoms with Crippen LogP contribution in [-0.4, -0.2) is 17.0 Å². The summed E-state index contributed by atoms with van der Waals surface area (Å²) in [4.78, 5) is 23.0. The van der Waals surface area contributed by atoms with Crippen LogP contribution in [0.1, 0.15) is 20.7 Å². The normalized spacial score (nSPS) is 10.1. The number of aromatic carboxylic acids is 1. The summed E-state index contributed by atoms with van der Waals surface area (Å²) in [7, 11) is 0. The first-order valence-electron chi connectivity index (χ1n) is 5.48. The van der Waals surface area contributed by atoms with Crippen molar-refractivity contribution in [2.45, 2.75) is 0 Å². The molecule has 0 aliphatic heterocycles. The van der Waals surface area contributed by atoms with Crippen molar-refractivity contribution in [3.05, 3.63) is 63.6 Å². The third kappa shape index (κ3) is 3.10. The van der Waals surface area contributed by atoms with Gasteiger partial charge in [-0.05, 0) is 30.3 Å². The highest BCUT2D eigenvalue weighted by Crippen LogP contribution is 2.25. The maximum absolute atomic E-state index is 12.0. The summed E-state index contributed by atoms with van der Waals surface area (Å²) in [6.45, 7) is 0. The fraction of sp³-hybridized carbons (Fsp3) is 0. The van der Waals surface area contributed by atoms with Crippen LogP contribution in [0.5, 0.6) is 5.75 Å². The minimum Gasteiger partial charge on any atom is -0.478 e. The molecule has 0 aromatic heterocycles. The molecule has 0 saturated heterocycles. The zero-order valence-electron chi connectivity index (χ0n) is 9.97. The number of carboxylic acids is 1. The molecule has 20 heavy (non-hydrogen) atoms. The number of carboxylic acid groups (broad SMARTS) is 1. The molecule has 4 nitrogen and oxygen atoms in total. The standard InChI is InChI=1S/C14H8Cl2O4/c15-8-5-6-12(10(7-8)13(17)18)20-14(19)9-3-1-2-4-11(9)16/h1-7H,(H,17,18). The molecule has 6 heteroatoms. The van der Waals surface area contributed by atoms with E-state index in [0.717, 1.165) is 0 Å². The summed E-state index contributed by atoms with van der Waals surface area (Å²) in [5.74, 6) is -2.07. The van der Waals surface area contributed by atoms with Crippen molar-refractivity contribution in [1.29, 1.82) is 0 Å². The van der Waals surface area contributed by atoms with Gasteiger partial charge in [0.05, 0.1) is 10.6 Å². The van der Waals surface area contributed by atoms with Crippen LogP contribution in [0.15, 0.2) is 42.5 Å². The fourth-order valence-electron chi connectivity index (χ4n) is 1.54. The number of hydrogen-bond acceptors (Lipinski definition) is 3. The number of carbonyl (C=O) groups is 2. The van der Waals surface area contributed by atoms with Gasteiger partial charge in [-0.15, -0.1) is 0 Å². The van der Waals surface area contributed by atoms with E-state index in [0.29, 0.717) is 0 Å². The van der Waals surface area contributed by atoms with Crippen molar-refractivity contribution >= 4 is 35.1 Å². The Kier molecular flexibility index (Phi) is 4.27. The Labute approximate surface area is 124 Å². The summed E-state index contributed by atoms with van der Waals surface area (Å²) >= 11 is 11.6. The Morgan fingerprint density at radius 1 is 1.00 bits per heavy atom. The lowest BCUT2D eigenvalue weighted by Gasteiger charge is -2.08. The van der Waals surface area contributed by atoms with Crippen LogP contribution >= 0.6 is 23.2 Å². The smallest absolute Gasteiger partial charge is 0.345 e. The van der Waals surface area contributed by atoms with E-state index >= 15 is 0 Å². The quantitative estimate of drug-likeness (QED) is 0.689. The molecule has 0 heterocycles. The predicted molar refractivity (Wildman–Crippen MR) is 74.8 cm³/mol. The molecule has 2 aromatic carbocycles.